The van der Waals surface area contributed by atoms with E-state index in [2.05, 4.69) is 17.0 Å². The van der Waals surface area contributed by atoms with Gasteiger partial charge in [0.05, 0.1) is 5.75 Å². The lowest BCUT2D eigenvalue weighted by molar-refractivity contribution is 0.327. The molecule has 2 fully saturated rings. The first kappa shape index (κ1) is 14.3. The molecule has 18 heavy (non-hydrogen) atoms. The van der Waals surface area contributed by atoms with E-state index in [1.807, 2.05) is 0 Å². The summed E-state index contributed by atoms with van der Waals surface area (Å²) in [7, 11) is -3.07. The van der Waals surface area contributed by atoms with Crippen LogP contribution in [0, 0.1) is 5.92 Å². The summed E-state index contributed by atoms with van der Waals surface area (Å²) < 4.78 is 26.7. The highest BCUT2D eigenvalue weighted by molar-refractivity contribution is 7.89. The van der Waals surface area contributed by atoms with Gasteiger partial charge < -0.3 is 5.32 Å². The van der Waals surface area contributed by atoms with Gasteiger partial charge in [0.25, 0.3) is 0 Å². The Hall–Kier alpha value is -0.130. The fourth-order valence-electron chi connectivity index (χ4n) is 2.71. The molecule has 0 spiro atoms. The Kier molecular flexibility index (Phi) is 5.04. The number of nitrogens with one attached hydrogen (secondary N) is 2. The Morgan fingerprint density at radius 2 is 1.89 bits per heavy atom. The van der Waals surface area contributed by atoms with Gasteiger partial charge in [-0.2, -0.15) is 0 Å². The maximum absolute atomic E-state index is 11.9. The zero-order chi connectivity index (χ0) is 13.0. The van der Waals surface area contributed by atoms with Crippen LogP contribution in [0.4, 0.5) is 0 Å². The van der Waals surface area contributed by atoms with Crippen LogP contribution in [0.15, 0.2) is 0 Å². The molecule has 2 atom stereocenters. The number of rotatable bonds is 7. The second-order valence-corrected chi connectivity index (χ2v) is 7.86. The Morgan fingerprint density at radius 1 is 1.11 bits per heavy atom. The summed E-state index contributed by atoms with van der Waals surface area (Å²) in [5.41, 5.74) is 0. The van der Waals surface area contributed by atoms with Gasteiger partial charge in [0.15, 0.2) is 0 Å². The summed E-state index contributed by atoms with van der Waals surface area (Å²) in [4.78, 5) is 0. The highest BCUT2D eigenvalue weighted by Crippen LogP contribution is 2.24. The molecule has 0 heterocycles. The zero-order valence-electron chi connectivity index (χ0n) is 11.3. The molecule has 2 aliphatic rings. The van der Waals surface area contributed by atoms with Gasteiger partial charge in [-0.15, -0.1) is 0 Å². The third-order valence-corrected chi connectivity index (χ3v) is 5.40. The minimum Gasteiger partial charge on any atom is -0.314 e. The lowest BCUT2D eigenvalue weighted by Gasteiger charge is -2.27. The van der Waals surface area contributed by atoms with Crippen LogP contribution in [0.2, 0.25) is 0 Å². The van der Waals surface area contributed by atoms with Crippen LogP contribution < -0.4 is 10.0 Å². The normalized spacial score (nSPS) is 29.4. The third-order valence-electron chi connectivity index (χ3n) is 3.88. The zero-order valence-corrected chi connectivity index (χ0v) is 12.1. The topological polar surface area (TPSA) is 58.2 Å². The summed E-state index contributed by atoms with van der Waals surface area (Å²) >= 11 is 0. The molecule has 0 aromatic rings. The highest BCUT2D eigenvalue weighted by atomic mass is 32.2. The molecule has 4 nitrogen and oxygen atoms in total. The van der Waals surface area contributed by atoms with E-state index >= 15 is 0 Å². The van der Waals surface area contributed by atoms with Crippen LogP contribution in [0.5, 0.6) is 0 Å². The molecule has 2 saturated carbocycles. The van der Waals surface area contributed by atoms with Crippen molar-refractivity contribution in [1.82, 2.24) is 10.0 Å². The lowest BCUT2D eigenvalue weighted by Crippen LogP contribution is -2.39. The van der Waals surface area contributed by atoms with Crippen molar-refractivity contribution in [2.75, 3.05) is 12.3 Å². The second-order valence-electron chi connectivity index (χ2n) is 5.99. The summed E-state index contributed by atoms with van der Waals surface area (Å²) in [5.74, 6) is 0.917. The Balaban J connectivity index is 1.65. The molecule has 2 N–H and O–H groups in total. The molecule has 0 amide bonds. The van der Waals surface area contributed by atoms with Crippen LogP contribution in [-0.2, 0) is 10.0 Å². The van der Waals surface area contributed by atoms with E-state index in [9.17, 15) is 8.42 Å². The van der Waals surface area contributed by atoms with E-state index < -0.39 is 10.0 Å². The van der Waals surface area contributed by atoms with Crippen molar-refractivity contribution in [3.05, 3.63) is 0 Å². The largest absolute Gasteiger partial charge is 0.314 e. The fraction of sp³-hybridized carbons (Fsp3) is 1.00. The number of sulfonamides is 1. The van der Waals surface area contributed by atoms with E-state index in [4.69, 9.17) is 0 Å². The van der Waals surface area contributed by atoms with Crippen molar-refractivity contribution in [2.45, 2.75) is 64.0 Å². The first-order valence-electron chi connectivity index (χ1n) is 7.28. The van der Waals surface area contributed by atoms with E-state index in [1.54, 1.807) is 0 Å². The Bertz CT molecular complexity index is 352. The third kappa shape index (κ3) is 5.24. The standard InChI is InChI=1S/C13H26N2O2S/c1-11-4-2-5-13(10-11)15-18(16,17)9-3-8-14-12-6-7-12/h11-15H,2-10H2,1H3. The Labute approximate surface area is 111 Å². The van der Waals surface area contributed by atoms with Crippen molar-refractivity contribution < 1.29 is 8.42 Å². The minimum atomic E-state index is -3.07. The van der Waals surface area contributed by atoms with Crippen molar-refractivity contribution in [3.63, 3.8) is 0 Å². The first-order valence-corrected chi connectivity index (χ1v) is 8.94. The average Bonchev–Trinajstić information content (AvgIpc) is 3.07. The van der Waals surface area contributed by atoms with Gasteiger partial charge in [0, 0.05) is 12.1 Å². The summed E-state index contributed by atoms with van der Waals surface area (Å²) in [5, 5.41) is 3.35. The van der Waals surface area contributed by atoms with Gasteiger partial charge in [-0.05, 0) is 44.6 Å². The molecule has 0 aromatic heterocycles. The minimum absolute atomic E-state index is 0.176. The van der Waals surface area contributed by atoms with Crippen molar-refractivity contribution in [2.24, 2.45) is 5.92 Å². The van der Waals surface area contributed by atoms with Crippen molar-refractivity contribution in [3.8, 4) is 0 Å². The first-order chi connectivity index (χ1) is 8.55. The summed E-state index contributed by atoms with van der Waals surface area (Å²) in [6.07, 6.45) is 7.62. The monoisotopic (exact) mass is 274 g/mol. The van der Waals surface area contributed by atoms with Gasteiger partial charge >= 0.3 is 0 Å². The van der Waals surface area contributed by atoms with E-state index in [0.29, 0.717) is 18.4 Å². The van der Waals surface area contributed by atoms with E-state index in [-0.39, 0.29) is 11.8 Å². The van der Waals surface area contributed by atoms with Crippen LogP contribution in [0.3, 0.4) is 0 Å². The van der Waals surface area contributed by atoms with Crippen molar-refractivity contribution in [1.29, 1.82) is 0 Å². The molecule has 0 aromatic carbocycles. The second kappa shape index (κ2) is 6.35. The molecule has 0 aliphatic heterocycles. The molecule has 5 heteroatoms. The van der Waals surface area contributed by atoms with Gasteiger partial charge in [0.2, 0.25) is 10.0 Å². The molecule has 2 aliphatic carbocycles. The molecular weight excluding hydrogens is 248 g/mol. The predicted molar refractivity (Wildman–Crippen MR) is 74.0 cm³/mol. The lowest BCUT2D eigenvalue weighted by atomic mass is 9.88. The van der Waals surface area contributed by atoms with Gasteiger partial charge in [0.1, 0.15) is 0 Å². The maximum Gasteiger partial charge on any atom is 0.211 e. The van der Waals surface area contributed by atoms with Crippen molar-refractivity contribution >= 4 is 10.0 Å². The molecule has 0 saturated heterocycles. The SMILES string of the molecule is CC1CCCC(NS(=O)(=O)CCCNC2CC2)C1. The van der Waals surface area contributed by atoms with Crippen LogP contribution in [0.25, 0.3) is 0 Å². The quantitative estimate of drug-likeness (QED) is 0.694. The molecule has 2 rings (SSSR count). The smallest absolute Gasteiger partial charge is 0.211 e. The molecule has 0 radical (unpaired) electrons. The van der Waals surface area contributed by atoms with Crippen LogP contribution >= 0.6 is 0 Å². The van der Waals surface area contributed by atoms with Crippen LogP contribution in [0.1, 0.15) is 51.9 Å². The number of hydrogen-bond acceptors (Lipinski definition) is 3. The Morgan fingerprint density at radius 3 is 2.56 bits per heavy atom. The molecular formula is C13H26N2O2S. The summed E-state index contributed by atoms with van der Waals surface area (Å²) in [6.45, 7) is 3.03. The van der Waals surface area contributed by atoms with Crippen LogP contribution in [-0.4, -0.2) is 32.8 Å². The number of hydrogen-bond donors (Lipinski definition) is 2. The molecule has 2 unspecified atom stereocenters. The predicted octanol–water partition coefficient (Wildman–Crippen LogP) is 1.63. The van der Waals surface area contributed by atoms with Gasteiger partial charge in [-0.3, -0.25) is 0 Å². The van der Waals surface area contributed by atoms with Gasteiger partial charge in [-0.1, -0.05) is 19.8 Å². The molecule has 0 bridgehead atoms. The van der Waals surface area contributed by atoms with Gasteiger partial charge in [-0.25, -0.2) is 13.1 Å². The fourth-order valence-corrected chi connectivity index (χ4v) is 4.07. The summed E-state index contributed by atoms with van der Waals surface area (Å²) in [6, 6.07) is 0.843. The molecule has 106 valence electrons. The van der Waals surface area contributed by atoms with E-state index in [1.165, 1.54) is 19.3 Å². The van der Waals surface area contributed by atoms with E-state index in [0.717, 1.165) is 25.8 Å². The average molecular weight is 274 g/mol. The maximum atomic E-state index is 11.9. The highest BCUT2D eigenvalue weighted by Gasteiger charge is 2.24.